The molecule has 210 valence electrons. The summed E-state index contributed by atoms with van der Waals surface area (Å²) < 4.78 is 62.2. The van der Waals surface area contributed by atoms with Crippen molar-refractivity contribution in [1.29, 1.82) is 0 Å². The molecule has 9 nitrogen and oxygen atoms in total. The molecule has 0 radical (unpaired) electrons. The third-order valence-electron chi connectivity index (χ3n) is 7.31. The molecule has 38 heavy (non-hydrogen) atoms. The molecule has 3 atom stereocenters. The van der Waals surface area contributed by atoms with Gasteiger partial charge in [0.25, 0.3) is 0 Å². The van der Waals surface area contributed by atoms with Crippen LogP contribution in [0.25, 0.3) is 0 Å². The first-order valence-corrected chi connectivity index (χ1v) is 14.5. The Labute approximate surface area is 222 Å². The number of benzene rings is 1. The van der Waals surface area contributed by atoms with E-state index in [1.807, 2.05) is 13.8 Å². The highest BCUT2D eigenvalue weighted by Gasteiger charge is 2.46. The molecular formula is C26H36F2N4O5S. The van der Waals surface area contributed by atoms with Crippen LogP contribution >= 0.6 is 0 Å². The number of nitrogens with zero attached hydrogens (tertiary/aromatic N) is 4. The molecule has 1 saturated heterocycles. The molecule has 4 rings (SSSR count). The van der Waals surface area contributed by atoms with Gasteiger partial charge in [0, 0.05) is 36.3 Å². The SMILES string of the molecule is CCS(=O)(=O)c1nc2c(n1C(C)C)CN([C@H]1CO[C@H](c3cc(F)ccc3F)[C@@H](N(C(=O)O)C(C)(C)C)C1)C2. The summed E-state index contributed by atoms with van der Waals surface area (Å²) in [6, 6.07) is 1.93. The first-order valence-electron chi connectivity index (χ1n) is 12.8. The number of hydrogen-bond donors (Lipinski definition) is 1. The quantitative estimate of drug-likeness (QED) is 0.560. The zero-order valence-electron chi connectivity index (χ0n) is 22.6. The summed E-state index contributed by atoms with van der Waals surface area (Å²) in [5.74, 6) is -1.34. The van der Waals surface area contributed by atoms with Crippen molar-refractivity contribution in [3.8, 4) is 0 Å². The Balaban J connectivity index is 1.67. The minimum Gasteiger partial charge on any atom is -0.465 e. The van der Waals surface area contributed by atoms with Crippen molar-refractivity contribution in [3.05, 3.63) is 46.8 Å². The summed E-state index contributed by atoms with van der Waals surface area (Å²) in [5, 5.41) is 10.2. The molecule has 1 amide bonds. The van der Waals surface area contributed by atoms with Crippen molar-refractivity contribution >= 4 is 15.9 Å². The lowest BCUT2D eigenvalue weighted by Crippen LogP contribution is -2.58. The van der Waals surface area contributed by atoms with Crippen molar-refractivity contribution in [1.82, 2.24) is 19.4 Å². The summed E-state index contributed by atoms with van der Waals surface area (Å²) in [7, 11) is -3.51. The van der Waals surface area contributed by atoms with Gasteiger partial charge in [-0.05, 0) is 59.2 Å². The van der Waals surface area contributed by atoms with E-state index in [-0.39, 0.29) is 35.2 Å². The number of sulfone groups is 1. The highest BCUT2D eigenvalue weighted by molar-refractivity contribution is 7.91. The van der Waals surface area contributed by atoms with Crippen LogP contribution in [-0.4, -0.2) is 69.0 Å². The Morgan fingerprint density at radius 3 is 2.53 bits per heavy atom. The van der Waals surface area contributed by atoms with E-state index in [4.69, 9.17) is 4.74 Å². The van der Waals surface area contributed by atoms with E-state index in [1.165, 1.54) is 4.90 Å². The van der Waals surface area contributed by atoms with E-state index in [1.54, 1.807) is 32.3 Å². The maximum Gasteiger partial charge on any atom is 0.408 e. The fourth-order valence-corrected chi connectivity index (χ4v) is 6.74. The predicted molar refractivity (Wildman–Crippen MR) is 136 cm³/mol. The summed E-state index contributed by atoms with van der Waals surface area (Å²) in [5.41, 5.74) is 0.631. The van der Waals surface area contributed by atoms with E-state index in [0.29, 0.717) is 25.2 Å². The Bertz CT molecular complexity index is 1320. The number of halogens is 2. The average molecular weight is 555 g/mol. The van der Waals surface area contributed by atoms with Crippen LogP contribution in [0.1, 0.15) is 77.1 Å². The maximum atomic E-state index is 14.8. The summed E-state index contributed by atoms with van der Waals surface area (Å²) in [6.45, 7) is 11.6. The van der Waals surface area contributed by atoms with Crippen LogP contribution in [0.4, 0.5) is 13.6 Å². The zero-order chi connectivity index (χ0) is 28.2. The molecule has 1 fully saturated rings. The second-order valence-corrected chi connectivity index (χ2v) is 13.4. The van der Waals surface area contributed by atoms with Crippen LogP contribution in [0.2, 0.25) is 0 Å². The number of carboxylic acid groups (broad SMARTS) is 1. The van der Waals surface area contributed by atoms with Gasteiger partial charge in [0.1, 0.15) is 17.7 Å². The van der Waals surface area contributed by atoms with Gasteiger partial charge in [-0.15, -0.1) is 0 Å². The molecule has 0 unspecified atom stereocenters. The lowest BCUT2D eigenvalue weighted by molar-refractivity contribution is -0.103. The summed E-state index contributed by atoms with van der Waals surface area (Å²) >= 11 is 0. The van der Waals surface area contributed by atoms with Crippen molar-refractivity contribution in [3.63, 3.8) is 0 Å². The van der Waals surface area contributed by atoms with Crippen molar-refractivity contribution in [2.24, 2.45) is 0 Å². The highest BCUT2D eigenvalue weighted by Crippen LogP contribution is 2.40. The summed E-state index contributed by atoms with van der Waals surface area (Å²) in [6.07, 6.45) is -1.86. The zero-order valence-corrected chi connectivity index (χ0v) is 23.4. The minimum atomic E-state index is -3.51. The van der Waals surface area contributed by atoms with Crippen LogP contribution in [0.15, 0.2) is 23.4 Å². The van der Waals surface area contributed by atoms with Crippen molar-refractivity contribution < 1.29 is 31.8 Å². The van der Waals surface area contributed by atoms with Gasteiger partial charge in [0.2, 0.25) is 15.0 Å². The molecule has 0 spiro atoms. The molecule has 12 heteroatoms. The molecule has 1 N–H and O–H groups in total. The Morgan fingerprint density at radius 2 is 1.95 bits per heavy atom. The number of ether oxygens (including phenoxy) is 1. The Hall–Kier alpha value is -2.57. The van der Waals surface area contributed by atoms with Gasteiger partial charge in [0.15, 0.2) is 0 Å². The van der Waals surface area contributed by atoms with Crippen LogP contribution in [-0.2, 0) is 27.7 Å². The third-order valence-corrected chi connectivity index (χ3v) is 8.92. The normalized spacial score (nSPS) is 22.6. The monoisotopic (exact) mass is 554 g/mol. The van der Waals surface area contributed by atoms with Gasteiger partial charge >= 0.3 is 6.09 Å². The van der Waals surface area contributed by atoms with Crippen LogP contribution in [0.3, 0.4) is 0 Å². The lowest BCUT2D eigenvalue weighted by atomic mass is 9.88. The number of aromatic nitrogens is 2. The van der Waals surface area contributed by atoms with Crippen molar-refractivity contribution in [2.45, 2.75) is 96.0 Å². The molecule has 3 heterocycles. The second-order valence-electron chi connectivity index (χ2n) is 11.3. The van der Waals surface area contributed by atoms with Gasteiger partial charge in [-0.2, -0.15) is 0 Å². The van der Waals surface area contributed by atoms with Gasteiger partial charge in [0.05, 0.1) is 29.8 Å². The van der Waals surface area contributed by atoms with E-state index in [2.05, 4.69) is 9.88 Å². The van der Waals surface area contributed by atoms with Gasteiger partial charge < -0.3 is 14.4 Å². The number of fused-ring (bicyclic) bond motifs is 1. The lowest BCUT2D eigenvalue weighted by Gasteiger charge is -2.48. The number of rotatable bonds is 6. The van der Waals surface area contributed by atoms with E-state index in [0.717, 1.165) is 23.9 Å². The standard InChI is InChI=1S/C26H36F2N4O5S/c1-7-38(35,36)24-29-20-12-30(13-22(20)31(24)15(2)3)17-11-21(32(25(33)34)26(4,5)6)23(37-14-17)18-10-16(27)8-9-19(18)28/h8-10,15,17,21,23H,7,11-14H2,1-6H3,(H,33,34)/t17-,21+,23-/m1/s1. The predicted octanol–water partition coefficient (Wildman–Crippen LogP) is 4.53. The number of amides is 1. The van der Waals surface area contributed by atoms with E-state index in [9.17, 15) is 27.1 Å². The first kappa shape index (κ1) is 28.4. The van der Waals surface area contributed by atoms with Crippen LogP contribution < -0.4 is 0 Å². The summed E-state index contributed by atoms with van der Waals surface area (Å²) in [4.78, 5) is 20.3. The molecule has 2 aliphatic heterocycles. The minimum absolute atomic E-state index is 0.0176. The molecule has 0 aliphatic carbocycles. The molecule has 2 aliphatic rings. The number of hydrogen-bond acceptors (Lipinski definition) is 6. The molecule has 2 aromatic rings. The number of imidazole rings is 1. The molecule has 0 bridgehead atoms. The van der Waals surface area contributed by atoms with E-state index < -0.39 is 45.2 Å². The third kappa shape index (κ3) is 5.17. The van der Waals surface area contributed by atoms with Crippen LogP contribution in [0, 0.1) is 11.6 Å². The van der Waals surface area contributed by atoms with E-state index >= 15 is 0 Å². The number of carbonyl (C=O) groups is 1. The fraction of sp³-hybridized carbons (Fsp3) is 0.615. The molecule has 1 aromatic carbocycles. The van der Waals surface area contributed by atoms with Gasteiger partial charge in [-0.3, -0.25) is 9.80 Å². The highest BCUT2D eigenvalue weighted by atomic mass is 32.2. The molecule has 0 saturated carbocycles. The van der Waals surface area contributed by atoms with Gasteiger partial charge in [-0.1, -0.05) is 6.92 Å². The van der Waals surface area contributed by atoms with Crippen molar-refractivity contribution in [2.75, 3.05) is 12.4 Å². The maximum absolute atomic E-state index is 14.8. The fourth-order valence-electron chi connectivity index (χ4n) is 5.61. The largest absolute Gasteiger partial charge is 0.465 e. The first-order chi connectivity index (χ1) is 17.7. The Kier molecular flexibility index (Phi) is 7.63. The molecular weight excluding hydrogens is 518 g/mol. The topological polar surface area (TPSA) is 105 Å². The second kappa shape index (κ2) is 10.2. The average Bonchev–Trinajstić information content (AvgIpc) is 3.38. The Morgan fingerprint density at radius 1 is 1.26 bits per heavy atom. The smallest absolute Gasteiger partial charge is 0.408 e. The van der Waals surface area contributed by atoms with Crippen LogP contribution in [0.5, 0.6) is 0 Å². The molecule has 1 aromatic heterocycles. The van der Waals surface area contributed by atoms with Gasteiger partial charge in [-0.25, -0.2) is 27.0 Å².